The van der Waals surface area contributed by atoms with Crippen molar-refractivity contribution in [2.75, 3.05) is 45.8 Å². The van der Waals surface area contributed by atoms with Gasteiger partial charge in [-0.15, -0.1) is 0 Å². The second kappa shape index (κ2) is 9.34. The quantitative estimate of drug-likeness (QED) is 0.604. The van der Waals surface area contributed by atoms with Crippen molar-refractivity contribution < 1.29 is 9.32 Å². The molecule has 0 saturated carbocycles. The monoisotopic (exact) mass is 348 g/mol. The molecule has 3 rings (SSSR count). The van der Waals surface area contributed by atoms with Crippen molar-refractivity contribution in [2.24, 2.45) is 0 Å². The Balaban J connectivity index is 1.37. The van der Waals surface area contributed by atoms with Gasteiger partial charge in [0.25, 0.3) is 5.91 Å². The lowest BCUT2D eigenvalue weighted by Gasteiger charge is -2.34. The summed E-state index contributed by atoms with van der Waals surface area (Å²) in [5, 5.41) is 7.06. The molecule has 1 aromatic rings. The van der Waals surface area contributed by atoms with Gasteiger partial charge >= 0.3 is 0 Å². The van der Waals surface area contributed by atoms with E-state index in [1.807, 2.05) is 0 Å². The van der Waals surface area contributed by atoms with Crippen LogP contribution in [0.3, 0.4) is 0 Å². The number of aryl methyl sites for hydroxylation is 1. The highest BCUT2D eigenvalue weighted by atomic mass is 16.5. The number of nitrogens with zero attached hydrogens (tertiary/aromatic N) is 3. The number of amides is 1. The largest absolute Gasteiger partial charge is 0.360 e. The third-order valence-corrected chi connectivity index (χ3v) is 5.36. The molecule has 2 heterocycles. The summed E-state index contributed by atoms with van der Waals surface area (Å²) < 4.78 is 5.40. The van der Waals surface area contributed by atoms with Gasteiger partial charge in [0.1, 0.15) is 5.76 Å². The van der Waals surface area contributed by atoms with Crippen LogP contribution in [0.15, 0.2) is 4.52 Å². The zero-order valence-corrected chi connectivity index (χ0v) is 15.6. The van der Waals surface area contributed by atoms with E-state index < -0.39 is 0 Å². The van der Waals surface area contributed by atoms with E-state index >= 15 is 0 Å². The zero-order valence-electron chi connectivity index (χ0n) is 15.6. The van der Waals surface area contributed by atoms with Gasteiger partial charge in [-0.2, -0.15) is 0 Å². The predicted molar refractivity (Wildman–Crippen MR) is 97.9 cm³/mol. The van der Waals surface area contributed by atoms with Crippen LogP contribution in [-0.4, -0.2) is 66.7 Å². The van der Waals surface area contributed by atoms with E-state index in [4.69, 9.17) is 4.52 Å². The Labute approximate surface area is 150 Å². The molecule has 1 aromatic heterocycles. The van der Waals surface area contributed by atoms with Crippen molar-refractivity contribution in [3.8, 4) is 0 Å². The fraction of sp³-hybridized carbons (Fsp3) is 0.789. The van der Waals surface area contributed by atoms with Gasteiger partial charge in [-0.25, -0.2) is 0 Å². The van der Waals surface area contributed by atoms with Gasteiger partial charge in [0.05, 0.1) is 0 Å². The first-order valence-electron chi connectivity index (χ1n) is 9.98. The summed E-state index contributed by atoms with van der Waals surface area (Å²) in [6, 6.07) is 0. The lowest BCUT2D eigenvalue weighted by atomic mass is 10.1. The van der Waals surface area contributed by atoms with E-state index in [0.717, 1.165) is 63.1 Å². The van der Waals surface area contributed by atoms with Crippen molar-refractivity contribution in [3.63, 3.8) is 0 Å². The topological polar surface area (TPSA) is 61.6 Å². The summed E-state index contributed by atoms with van der Waals surface area (Å²) in [4.78, 5) is 17.4. The Kier molecular flexibility index (Phi) is 6.87. The van der Waals surface area contributed by atoms with Crippen LogP contribution >= 0.6 is 0 Å². The standard InChI is InChI=1S/C19H32N4O2/c1-2-10-22-12-14-23(15-13-22)11-6-9-20-19(24)18-16-7-4-3-5-8-17(16)25-21-18/h2-15H2,1H3,(H,20,24). The maximum Gasteiger partial charge on any atom is 0.273 e. The number of piperazine rings is 1. The van der Waals surface area contributed by atoms with Gasteiger partial charge in [0, 0.05) is 44.7 Å². The molecule has 1 N–H and O–H groups in total. The molecule has 2 aliphatic rings. The van der Waals surface area contributed by atoms with E-state index in [9.17, 15) is 4.79 Å². The van der Waals surface area contributed by atoms with E-state index in [2.05, 4.69) is 27.2 Å². The SMILES string of the molecule is CCCN1CCN(CCCNC(=O)c2noc3c2CCCCC3)CC1. The molecule has 1 saturated heterocycles. The van der Waals surface area contributed by atoms with Gasteiger partial charge in [-0.1, -0.05) is 18.5 Å². The highest BCUT2D eigenvalue weighted by Crippen LogP contribution is 2.23. The normalized spacial score (nSPS) is 19.4. The van der Waals surface area contributed by atoms with Crippen LogP contribution in [0.1, 0.15) is 60.8 Å². The minimum Gasteiger partial charge on any atom is -0.360 e. The smallest absolute Gasteiger partial charge is 0.273 e. The molecule has 0 aromatic carbocycles. The van der Waals surface area contributed by atoms with Gasteiger partial charge in [0.2, 0.25) is 0 Å². The predicted octanol–water partition coefficient (Wildman–Crippen LogP) is 2.09. The molecule has 1 aliphatic carbocycles. The molecule has 0 unspecified atom stereocenters. The number of hydrogen-bond acceptors (Lipinski definition) is 5. The van der Waals surface area contributed by atoms with Gasteiger partial charge in [-0.3, -0.25) is 4.79 Å². The Morgan fingerprint density at radius 1 is 1.08 bits per heavy atom. The van der Waals surface area contributed by atoms with E-state index in [1.165, 1.54) is 32.5 Å². The average molecular weight is 348 g/mol. The molecule has 0 atom stereocenters. The minimum atomic E-state index is -0.0698. The highest BCUT2D eigenvalue weighted by Gasteiger charge is 2.23. The third kappa shape index (κ3) is 5.05. The Morgan fingerprint density at radius 2 is 1.80 bits per heavy atom. The van der Waals surface area contributed by atoms with E-state index in [1.54, 1.807) is 0 Å². The summed E-state index contributed by atoms with van der Waals surface area (Å²) in [5.74, 6) is 0.854. The summed E-state index contributed by atoms with van der Waals surface area (Å²) >= 11 is 0. The van der Waals surface area contributed by atoms with Crippen LogP contribution in [0.4, 0.5) is 0 Å². The number of carbonyl (C=O) groups excluding carboxylic acids is 1. The summed E-state index contributed by atoms with van der Waals surface area (Å²) in [6.45, 7) is 9.84. The molecule has 6 heteroatoms. The molecule has 140 valence electrons. The molecule has 0 bridgehead atoms. The van der Waals surface area contributed by atoms with Crippen molar-refractivity contribution in [2.45, 2.75) is 51.9 Å². The molecule has 25 heavy (non-hydrogen) atoms. The zero-order chi connectivity index (χ0) is 17.5. The van der Waals surface area contributed by atoms with Crippen molar-refractivity contribution in [3.05, 3.63) is 17.0 Å². The lowest BCUT2D eigenvalue weighted by Crippen LogP contribution is -2.47. The molecular formula is C19H32N4O2. The summed E-state index contributed by atoms with van der Waals surface area (Å²) in [7, 11) is 0. The van der Waals surface area contributed by atoms with Crippen LogP contribution in [0.25, 0.3) is 0 Å². The van der Waals surface area contributed by atoms with Crippen LogP contribution in [0.5, 0.6) is 0 Å². The summed E-state index contributed by atoms with van der Waals surface area (Å²) in [6.07, 6.45) is 7.52. The van der Waals surface area contributed by atoms with Crippen molar-refractivity contribution in [1.82, 2.24) is 20.3 Å². The molecule has 0 radical (unpaired) electrons. The number of aromatic nitrogens is 1. The molecular weight excluding hydrogens is 316 g/mol. The first kappa shape index (κ1) is 18.4. The van der Waals surface area contributed by atoms with Crippen LogP contribution < -0.4 is 5.32 Å². The molecule has 6 nitrogen and oxygen atoms in total. The average Bonchev–Trinajstić information content (AvgIpc) is 2.89. The van der Waals surface area contributed by atoms with Crippen molar-refractivity contribution >= 4 is 5.91 Å². The maximum absolute atomic E-state index is 12.4. The molecule has 1 amide bonds. The maximum atomic E-state index is 12.4. The lowest BCUT2D eigenvalue weighted by molar-refractivity contribution is 0.0938. The van der Waals surface area contributed by atoms with E-state index in [0.29, 0.717) is 12.2 Å². The summed E-state index contributed by atoms with van der Waals surface area (Å²) in [5.41, 5.74) is 1.56. The van der Waals surface area contributed by atoms with E-state index in [-0.39, 0.29) is 5.91 Å². The van der Waals surface area contributed by atoms with Crippen LogP contribution in [0, 0.1) is 0 Å². The Morgan fingerprint density at radius 3 is 2.56 bits per heavy atom. The number of rotatable bonds is 7. The fourth-order valence-corrected chi connectivity index (χ4v) is 3.88. The number of hydrogen-bond donors (Lipinski definition) is 1. The van der Waals surface area contributed by atoms with Gasteiger partial charge in [-0.05, 0) is 45.2 Å². The third-order valence-electron chi connectivity index (χ3n) is 5.36. The Bertz CT molecular complexity index is 550. The molecule has 1 aliphatic heterocycles. The van der Waals surface area contributed by atoms with Crippen LogP contribution in [0.2, 0.25) is 0 Å². The second-order valence-corrected chi connectivity index (χ2v) is 7.29. The minimum absolute atomic E-state index is 0.0698. The van der Waals surface area contributed by atoms with Crippen LogP contribution in [-0.2, 0) is 12.8 Å². The van der Waals surface area contributed by atoms with Gasteiger partial charge < -0.3 is 19.6 Å². The number of nitrogens with one attached hydrogen (secondary N) is 1. The Hall–Kier alpha value is -1.40. The number of carbonyl (C=O) groups is 1. The fourth-order valence-electron chi connectivity index (χ4n) is 3.88. The van der Waals surface area contributed by atoms with Gasteiger partial charge in [0.15, 0.2) is 5.69 Å². The molecule has 0 spiro atoms. The highest BCUT2D eigenvalue weighted by molar-refractivity contribution is 5.93. The number of fused-ring (bicyclic) bond motifs is 1. The molecule has 1 fully saturated rings. The first-order valence-corrected chi connectivity index (χ1v) is 9.98. The second-order valence-electron chi connectivity index (χ2n) is 7.29. The van der Waals surface area contributed by atoms with Crippen molar-refractivity contribution in [1.29, 1.82) is 0 Å². The first-order chi connectivity index (χ1) is 12.3.